The van der Waals surface area contributed by atoms with Crippen molar-refractivity contribution in [1.29, 1.82) is 0 Å². The Morgan fingerprint density at radius 1 is 1.23 bits per heavy atom. The molecule has 0 bridgehead atoms. The van der Waals surface area contributed by atoms with Gasteiger partial charge in [0.1, 0.15) is 5.75 Å². The van der Waals surface area contributed by atoms with Crippen molar-refractivity contribution in [2.24, 2.45) is 5.10 Å². The van der Waals surface area contributed by atoms with Gasteiger partial charge in [0, 0.05) is 36.5 Å². The third-order valence-corrected chi connectivity index (χ3v) is 4.86. The molecule has 1 heterocycles. The molecule has 9 nitrogen and oxygen atoms in total. The minimum atomic E-state index is -0.437. The molecule has 2 aromatic rings. The standard InChI is InChI=1S/C21H25N5O4/c1-30-20-8-4-3-7-18(20)22-15-21(27)24-23-14-16-13-17(26(28)29)9-10-19(16)25-11-5-2-6-12-25/h3-4,7-10,13-14,22H,2,5-6,11-12,15H2,1H3,(H,24,27). The number of piperidine rings is 1. The number of non-ortho nitro benzene ring substituents is 1. The molecule has 0 aliphatic carbocycles. The third kappa shape index (κ3) is 5.47. The fourth-order valence-electron chi connectivity index (χ4n) is 3.36. The molecule has 0 spiro atoms. The molecule has 30 heavy (non-hydrogen) atoms. The van der Waals surface area contributed by atoms with Gasteiger partial charge in [0.2, 0.25) is 0 Å². The zero-order chi connectivity index (χ0) is 21.3. The summed E-state index contributed by atoms with van der Waals surface area (Å²) < 4.78 is 5.23. The van der Waals surface area contributed by atoms with Crippen LogP contribution >= 0.6 is 0 Å². The molecule has 0 saturated carbocycles. The largest absolute Gasteiger partial charge is 0.495 e. The highest BCUT2D eigenvalue weighted by Crippen LogP contribution is 2.27. The molecule has 9 heteroatoms. The predicted octanol–water partition coefficient (Wildman–Crippen LogP) is 3.16. The lowest BCUT2D eigenvalue weighted by Gasteiger charge is -2.29. The molecule has 0 unspecified atom stereocenters. The van der Waals surface area contributed by atoms with Gasteiger partial charge in [-0.25, -0.2) is 5.43 Å². The van der Waals surface area contributed by atoms with Crippen molar-refractivity contribution in [3.8, 4) is 5.75 Å². The number of carbonyl (C=O) groups excluding carboxylic acids is 1. The molecule has 0 radical (unpaired) electrons. The Labute approximate surface area is 174 Å². The molecular formula is C21H25N5O4. The SMILES string of the molecule is COc1ccccc1NCC(=O)NN=Cc1cc([N+](=O)[O-])ccc1N1CCCCC1. The summed E-state index contributed by atoms with van der Waals surface area (Å²) in [5, 5.41) is 18.2. The Hall–Kier alpha value is -3.62. The molecule has 1 fully saturated rings. The van der Waals surface area contributed by atoms with Gasteiger partial charge < -0.3 is 15.0 Å². The Morgan fingerprint density at radius 2 is 2.00 bits per heavy atom. The number of amides is 1. The second-order valence-corrected chi connectivity index (χ2v) is 6.89. The molecule has 1 saturated heterocycles. The van der Waals surface area contributed by atoms with Crippen LogP contribution in [-0.4, -0.2) is 43.8 Å². The average Bonchev–Trinajstić information content (AvgIpc) is 2.78. The Bertz CT molecular complexity index is 925. The molecule has 2 N–H and O–H groups in total. The number of hydrogen-bond donors (Lipinski definition) is 2. The fraction of sp³-hybridized carbons (Fsp3) is 0.333. The Morgan fingerprint density at radius 3 is 2.73 bits per heavy atom. The molecule has 1 aliphatic rings. The minimum Gasteiger partial charge on any atom is -0.495 e. The molecule has 3 rings (SSSR count). The summed E-state index contributed by atoms with van der Waals surface area (Å²) >= 11 is 0. The number of nitro groups is 1. The monoisotopic (exact) mass is 411 g/mol. The first-order valence-corrected chi connectivity index (χ1v) is 9.80. The summed E-state index contributed by atoms with van der Waals surface area (Å²) in [6.07, 6.45) is 4.80. The zero-order valence-electron chi connectivity index (χ0n) is 16.8. The van der Waals surface area contributed by atoms with E-state index in [1.807, 2.05) is 18.2 Å². The van der Waals surface area contributed by atoms with Crippen LogP contribution in [0.2, 0.25) is 0 Å². The molecule has 1 amide bonds. The van der Waals surface area contributed by atoms with Gasteiger partial charge in [0.25, 0.3) is 11.6 Å². The van der Waals surface area contributed by atoms with Gasteiger partial charge >= 0.3 is 0 Å². The quantitative estimate of drug-likeness (QED) is 0.392. The van der Waals surface area contributed by atoms with E-state index in [1.54, 1.807) is 19.2 Å². The summed E-state index contributed by atoms with van der Waals surface area (Å²) in [6, 6.07) is 12.0. The summed E-state index contributed by atoms with van der Waals surface area (Å²) in [6.45, 7) is 1.80. The van der Waals surface area contributed by atoms with Crippen LogP contribution in [0, 0.1) is 10.1 Å². The van der Waals surface area contributed by atoms with E-state index in [1.165, 1.54) is 24.8 Å². The van der Waals surface area contributed by atoms with Crippen LogP contribution in [0.5, 0.6) is 5.75 Å². The normalized spacial score (nSPS) is 13.8. The average molecular weight is 411 g/mol. The minimum absolute atomic E-state index is 0.00559. The topological polar surface area (TPSA) is 109 Å². The second-order valence-electron chi connectivity index (χ2n) is 6.89. The Kier molecular flexibility index (Phi) is 7.20. The summed E-state index contributed by atoms with van der Waals surface area (Å²) in [5.74, 6) is 0.290. The molecule has 1 aliphatic heterocycles. The van der Waals surface area contributed by atoms with Crippen LogP contribution in [0.1, 0.15) is 24.8 Å². The maximum atomic E-state index is 12.1. The van der Waals surface area contributed by atoms with Gasteiger partial charge in [-0.05, 0) is 37.5 Å². The number of hydrazone groups is 1. The van der Waals surface area contributed by atoms with Crippen LogP contribution in [-0.2, 0) is 4.79 Å². The smallest absolute Gasteiger partial charge is 0.270 e. The lowest BCUT2D eigenvalue weighted by atomic mass is 10.1. The molecule has 0 atom stereocenters. The number of nitrogens with one attached hydrogen (secondary N) is 2. The molecule has 0 aromatic heterocycles. The summed E-state index contributed by atoms with van der Waals surface area (Å²) in [4.78, 5) is 25.0. The van der Waals surface area contributed by atoms with E-state index in [0.29, 0.717) is 17.0 Å². The lowest BCUT2D eigenvalue weighted by Crippen LogP contribution is -2.30. The van der Waals surface area contributed by atoms with Crippen molar-refractivity contribution in [1.82, 2.24) is 5.43 Å². The molecule has 158 valence electrons. The lowest BCUT2D eigenvalue weighted by molar-refractivity contribution is -0.384. The fourth-order valence-corrected chi connectivity index (χ4v) is 3.36. The van der Waals surface area contributed by atoms with Crippen molar-refractivity contribution >= 4 is 29.2 Å². The van der Waals surface area contributed by atoms with Gasteiger partial charge in [-0.15, -0.1) is 0 Å². The van der Waals surface area contributed by atoms with Gasteiger partial charge in [-0.2, -0.15) is 5.10 Å². The van der Waals surface area contributed by atoms with E-state index in [4.69, 9.17) is 4.74 Å². The number of nitro benzene ring substituents is 1. The van der Waals surface area contributed by atoms with Crippen LogP contribution < -0.4 is 20.4 Å². The molecule has 2 aromatic carbocycles. The van der Waals surface area contributed by atoms with Crippen LogP contribution in [0.3, 0.4) is 0 Å². The molecular weight excluding hydrogens is 386 g/mol. The number of nitrogens with zero attached hydrogens (tertiary/aromatic N) is 3. The van der Waals surface area contributed by atoms with Crippen molar-refractivity contribution in [2.45, 2.75) is 19.3 Å². The third-order valence-electron chi connectivity index (χ3n) is 4.86. The van der Waals surface area contributed by atoms with E-state index >= 15 is 0 Å². The number of rotatable bonds is 8. The van der Waals surface area contributed by atoms with E-state index in [-0.39, 0.29) is 18.1 Å². The number of benzene rings is 2. The maximum Gasteiger partial charge on any atom is 0.270 e. The van der Waals surface area contributed by atoms with Gasteiger partial charge in [0.15, 0.2) is 0 Å². The van der Waals surface area contributed by atoms with Crippen LogP contribution in [0.25, 0.3) is 0 Å². The maximum absolute atomic E-state index is 12.1. The predicted molar refractivity (Wildman–Crippen MR) is 116 cm³/mol. The number of carbonyl (C=O) groups is 1. The highest BCUT2D eigenvalue weighted by Gasteiger charge is 2.17. The first-order chi connectivity index (χ1) is 14.6. The number of anilines is 2. The van der Waals surface area contributed by atoms with Crippen molar-refractivity contribution in [2.75, 3.05) is 37.0 Å². The van der Waals surface area contributed by atoms with E-state index in [0.717, 1.165) is 31.6 Å². The van der Waals surface area contributed by atoms with Crippen LogP contribution in [0.15, 0.2) is 47.6 Å². The Balaban J connectivity index is 1.65. The summed E-state index contributed by atoms with van der Waals surface area (Å²) in [5.41, 5.74) is 4.62. The van der Waals surface area contributed by atoms with Gasteiger partial charge in [-0.3, -0.25) is 14.9 Å². The summed E-state index contributed by atoms with van der Waals surface area (Å²) in [7, 11) is 1.56. The van der Waals surface area contributed by atoms with Crippen molar-refractivity contribution in [3.63, 3.8) is 0 Å². The van der Waals surface area contributed by atoms with Crippen molar-refractivity contribution < 1.29 is 14.5 Å². The van der Waals surface area contributed by atoms with Crippen LogP contribution in [0.4, 0.5) is 17.1 Å². The number of ether oxygens (including phenoxy) is 1. The second kappa shape index (κ2) is 10.2. The number of methoxy groups -OCH3 is 1. The van der Waals surface area contributed by atoms with E-state index in [2.05, 4.69) is 20.7 Å². The zero-order valence-corrected chi connectivity index (χ0v) is 16.8. The number of para-hydroxylation sites is 2. The van der Waals surface area contributed by atoms with E-state index in [9.17, 15) is 14.9 Å². The first kappa shape index (κ1) is 21.1. The van der Waals surface area contributed by atoms with Gasteiger partial charge in [0.05, 0.1) is 30.5 Å². The number of hydrogen-bond acceptors (Lipinski definition) is 7. The first-order valence-electron chi connectivity index (χ1n) is 9.80. The van der Waals surface area contributed by atoms with Crippen molar-refractivity contribution in [3.05, 3.63) is 58.1 Å². The highest BCUT2D eigenvalue weighted by molar-refractivity contribution is 5.90. The van der Waals surface area contributed by atoms with E-state index < -0.39 is 4.92 Å². The van der Waals surface area contributed by atoms with Gasteiger partial charge in [-0.1, -0.05) is 12.1 Å². The highest BCUT2D eigenvalue weighted by atomic mass is 16.6.